The summed E-state index contributed by atoms with van der Waals surface area (Å²) in [6.45, 7) is 2.18. The van der Waals surface area contributed by atoms with Gasteiger partial charge in [0.25, 0.3) is 0 Å². The molecule has 0 aromatic rings. The lowest BCUT2D eigenvalue weighted by atomic mass is 9.77. The Bertz CT molecular complexity index is 338. The van der Waals surface area contributed by atoms with E-state index in [9.17, 15) is 9.18 Å². The van der Waals surface area contributed by atoms with Crippen LogP contribution in [0.1, 0.15) is 58.3 Å². The van der Waals surface area contributed by atoms with Crippen molar-refractivity contribution < 1.29 is 9.18 Å². The van der Waals surface area contributed by atoms with Gasteiger partial charge < -0.3 is 10.6 Å². The fraction of sp³-hybridized carbons (Fsp3) is 0.938. The van der Waals surface area contributed by atoms with E-state index in [4.69, 9.17) is 0 Å². The second-order valence-electron chi connectivity index (χ2n) is 7.06. The van der Waals surface area contributed by atoms with Gasteiger partial charge in [-0.05, 0) is 38.0 Å². The molecule has 0 bridgehead atoms. The quantitative estimate of drug-likeness (QED) is 0.817. The van der Waals surface area contributed by atoms with Crippen LogP contribution in [-0.2, 0) is 4.79 Å². The molecule has 3 rings (SSSR count). The van der Waals surface area contributed by atoms with Crippen LogP contribution in [0.2, 0.25) is 0 Å². The average Bonchev–Trinajstić information content (AvgIpc) is 2.91. The zero-order chi connectivity index (χ0) is 14.1. The van der Waals surface area contributed by atoms with Crippen molar-refractivity contribution >= 4 is 5.91 Å². The van der Waals surface area contributed by atoms with Gasteiger partial charge in [0.05, 0.1) is 6.04 Å². The molecule has 5 unspecified atom stereocenters. The Kier molecular flexibility index (Phi) is 4.29. The number of amides is 1. The van der Waals surface area contributed by atoms with Crippen LogP contribution in [0.3, 0.4) is 0 Å². The molecule has 1 aliphatic heterocycles. The van der Waals surface area contributed by atoms with Gasteiger partial charge in [-0.25, -0.2) is 4.39 Å². The van der Waals surface area contributed by atoms with Crippen LogP contribution >= 0.6 is 0 Å². The third-order valence-electron chi connectivity index (χ3n) is 5.61. The number of alkyl halides is 1. The summed E-state index contributed by atoms with van der Waals surface area (Å²) >= 11 is 0. The minimum Gasteiger partial charge on any atom is -0.352 e. The van der Waals surface area contributed by atoms with Gasteiger partial charge in [0.15, 0.2) is 0 Å². The topological polar surface area (TPSA) is 41.1 Å². The summed E-state index contributed by atoms with van der Waals surface area (Å²) in [5.41, 5.74) is 0. The fourth-order valence-electron chi connectivity index (χ4n) is 4.35. The summed E-state index contributed by atoms with van der Waals surface area (Å²) in [4.78, 5) is 12.4. The van der Waals surface area contributed by atoms with Crippen molar-refractivity contribution in [3.05, 3.63) is 0 Å². The van der Waals surface area contributed by atoms with Crippen LogP contribution in [0.4, 0.5) is 4.39 Å². The van der Waals surface area contributed by atoms with Gasteiger partial charge in [-0.3, -0.25) is 4.79 Å². The summed E-state index contributed by atoms with van der Waals surface area (Å²) in [5.74, 6) is 0.631. The van der Waals surface area contributed by atoms with E-state index in [0.717, 1.165) is 19.3 Å². The van der Waals surface area contributed by atoms with Gasteiger partial charge in [0, 0.05) is 18.0 Å². The Morgan fingerprint density at radius 1 is 1.15 bits per heavy atom. The Hall–Kier alpha value is -0.640. The summed E-state index contributed by atoms with van der Waals surface area (Å²) in [5, 5.41) is 6.59. The smallest absolute Gasteiger partial charge is 0.237 e. The number of nitrogens with one attached hydrogen (secondary N) is 2. The van der Waals surface area contributed by atoms with Crippen molar-refractivity contribution in [1.29, 1.82) is 0 Å². The summed E-state index contributed by atoms with van der Waals surface area (Å²) in [6.07, 6.45) is 7.49. The molecular weight excluding hydrogens is 255 g/mol. The zero-order valence-electron chi connectivity index (χ0n) is 12.4. The van der Waals surface area contributed by atoms with Crippen molar-refractivity contribution in [1.82, 2.24) is 10.6 Å². The molecule has 1 saturated heterocycles. The van der Waals surface area contributed by atoms with Gasteiger partial charge >= 0.3 is 0 Å². The van der Waals surface area contributed by atoms with Gasteiger partial charge in [-0.2, -0.15) is 0 Å². The molecule has 0 radical (unpaired) electrons. The highest BCUT2D eigenvalue weighted by molar-refractivity contribution is 5.82. The molecular formula is C16H27FN2O. The van der Waals surface area contributed by atoms with Crippen molar-refractivity contribution in [2.45, 2.75) is 82.6 Å². The maximum Gasteiger partial charge on any atom is 0.237 e. The summed E-state index contributed by atoms with van der Waals surface area (Å²) in [7, 11) is 0. The van der Waals surface area contributed by atoms with Gasteiger partial charge in [0.2, 0.25) is 5.91 Å². The van der Waals surface area contributed by atoms with Crippen LogP contribution in [-0.4, -0.2) is 30.2 Å². The molecule has 2 saturated carbocycles. The normalized spacial score (nSPS) is 42.2. The molecule has 4 heteroatoms. The number of hydrogen-bond donors (Lipinski definition) is 2. The third-order valence-corrected chi connectivity index (χ3v) is 5.61. The van der Waals surface area contributed by atoms with Crippen LogP contribution in [0.25, 0.3) is 0 Å². The average molecular weight is 282 g/mol. The predicted molar refractivity (Wildman–Crippen MR) is 77.1 cm³/mol. The first-order valence-electron chi connectivity index (χ1n) is 8.35. The van der Waals surface area contributed by atoms with Crippen LogP contribution in [0, 0.1) is 11.8 Å². The van der Waals surface area contributed by atoms with Crippen molar-refractivity contribution in [3.63, 3.8) is 0 Å². The molecule has 0 aromatic carbocycles. The number of carbonyl (C=O) groups excluding carboxylic acids is 1. The molecule has 5 atom stereocenters. The van der Waals surface area contributed by atoms with E-state index in [0.29, 0.717) is 24.8 Å². The highest BCUT2D eigenvalue weighted by Crippen LogP contribution is 2.38. The summed E-state index contributed by atoms with van der Waals surface area (Å²) < 4.78 is 14.0. The van der Waals surface area contributed by atoms with E-state index in [1.54, 1.807) is 0 Å². The minimum atomic E-state index is -0.726. The predicted octanol–water partition coefficient (Wildman–Crippen LogP) is 2.55. The molecule has 2 N–H and O–H groups in total. The van der Waals surface area contributed by atoms with Crippen LogP contribution in [0.5, 0.6) is 0 Å². The van der Waals surface area contributed by atoms with Crippen molar-refractivity contribution in [3.8, 4) is 0 Å². The SMILES string of the molecule is CC1CCC(F)C2CC(C(=O)NC3CCCCC3)NC12. The van der Waals surface area contributed by atoms with Crippen LogP contribution in [0.15, 0.2) is 0 Å². The largest absolute Gasteiger partial charge is 0.352 e. The van der Waals surface area contributed by atoms with E-state index in [-0.39, 0.29) is 23.9 Å². The van der Waals surface area contributed by atoms with E-state index in [1.807, 2.05) is 0 Å². The molecule has 3 nitrogen and oxygen atoms in total. The second-order valence-corrected chi connectivity index (χ2v) is 7.06. The number of hydrogen-bond acceptors (Lipinski definition) is 2. The molecule has 2 aliphatic carbocycles. The highest BCUT2D eigenvalue weighted by Gasteiger charge is 2.46. The highest BCUT2D eigenvalue weighted by atomic mass is 19.1. The third kappa shape index (κ3) is 2.85. The second kappa shape index (κ2) is 6.00. The lowest BCUT2D eigenvalue weighted by Gasteiger charge is -2.33. The summed E-state index contributed by atoms with van der Waals surface area (Å²) in [6, 6.07) is 0.367. The number of fused-ring (bicyclic) bond motifs is 1. The number of halogens is 1. The fourth-order valence-corrected chi connectivity index (χ4v) is 4.35. The standard InChI is InChI=1S/C16H27FN2O/c1-10-7-8-13(17)12-9-14(19-15(10)12)16(20)18-11-5-3-2-4-6-11/h10-15,19H,2-9H2,1H3,(H,18,20). The maximum absolute atomic E-state index is 14.0. The van der Waals surface area contributed by atoms with E-state index >= 15 is 0 Å². The first-order valence-corrected chi connectivity index (χ1v) is 8.35. The van der Waals surface area contributed by atoms with Crippen molar-refractivity contribution in [2.24, 2.45) is 11.8 Å². The minimum absolute atomic E-state index is 0.0425. The molecule has 1 amide bonds. The van der Waals surface area contributed by atoms with Gasteiger partial charge in [0.1, 0.15) is 6.17 Å². The van der Waals surface area contributed by atoms with E-state index in [1.165, 1.54) is 19.3 Å². The van der Waals surface area contributed by atoms with Gasteiger partial charge in [-0.15, -0.1) is 0 Å². The molecule has 114 valence electrons. The van der Waals surface area contributed by atoms with E-state index in [2.05, 4.69) is 17.6 Å². The Morgan fingerprint density at radius 2 is 1.90 bits per heavy atom. The number of rotatable bonds is 2. The first-order chi connectivity index (χ1) is 9.65. The van der Waals surface area contributed by atoms with Crippen molar-refractivity contribution in [2.75, 3.05) is 0 Å². The zero-order valence-corrected chi connectivity index (χ0v) is 12.4. The van der Waals surface area contributed by atoms with Gasteiger partial charge in [-0.1, -0.05) is 26.2 Å². The molecule has 0 spiro atoms. The Balaban J connectivity index is 1.56. The molecule has 3 fully saturated rings. The molecule has 20 heavy (non-hydrogen) atoms. The molecule has 3 aliphatic rings. The molecule has 1 heterocycles. The Labute approximate surface area is 121 Å². The van der Waals surface area contributed by atoms with Crippen LogP contribution < -0.4 is 10.6 Å². The number of carbonyl (C=O) groups is 1. The molecule has 0 aromatic heterocycles. The first kappa shape index (κ1) is 14.3. The van der Waals surface area contributed by atoms with E-state index < -0.39 is 6.17 Å². The lowest BCUT2D eigenvalue weighted by molar-refractivity contribution is -0.123. The Morgan fingerprint density at radius 3 is 2.60 bits per heavy atom. The lowest BCUT2D eigenvalue weighted by Crippen LogP contribution is -2.48. The monoisotopic (exact) mass is 282 g/mol. The maximum atomic E-state index is 14.0.